The normalized spacial score (nSPS) is 12.7. The standard InChI is InChI=1S/C15H13F4N3O3/c1-8-11(13(23)21-12(6-16)14(24)25)7-20-22(8)10-4-2-3-9(5-10)15(17,18)19/h2-5,7,12H,6H2,1H3,(H,21,23)(H,24,25). The van der Waals surface area contributed by atoms with E-state index in [9.17, 15) is 27.2 Å². The smallest absolute Gasteiger partial charge is 0.416 e. The Morgan fingerprint density at radius 1 is 1.36 bits per heavy atom. The van der Waals surface area contributed by atoms with Crippen molar-refractivity contribution in [2.24, 2.45) is 0 Å². The van der Waals surface area contributed by atoms with Gasteiger partial charge in [-0.15, -0.1) is 0 Å². The Labute approximate surface area is 139 Å². The molecule has 134 valence electrons. The molecule has 0 bridgehead atoms. The van der Waals surface area contributed by atoms with Gasteiger partial charge in [-0.05, 0) is 25.1 Å². The molecule has 2 aromatic rings. The number of rotatable bonds is 5. The molecule has 0 spiro atoms. The Kier molecular flexibility index (Phi) is 5.10. The quantitative estimate of drug-likeness (QED) is 0.803. The fourth-order valence-corrected chi connectivity index (χ4v) is 2.11. The lowest BCUT2D eigenvalue weighted by atomic mass is 10.2. The fraction of sp³-hybridized carbons (Fsp3) is 0.267. The number of nitrogens with one attached hydrogen (secondary N) is 1. The summed E-state index contributed by atoms with van der Waals surface area (Å²) in [6, 6.07) is 2.61. The number of carbonyl (C=O) groups is 2. The summed E-state index contributed by atoms with van der Waals surface area (Å²) in [4.78, 5) is 22.8. The van der Waals surface area contributed by atoms with Crippen molar-refractivity contribution in [1.29, 1.82) is 0 Å². The molecule has 1 unspecified atom stereocenters. The van der Waals surface area contributed by atoms with Crippen LogP contribution in [0, 0.1) is 6.92 Å². The highest BCUT2D eigenvalue weighted by atomic mass is 19.4. The van der Waals surface area contributed by atoms with Crippen LogP contribution in [0.25, 0.3) is 5.69 Å². The molecule has 0 aliphatic rings. The summed E-state index contributed by atoms with van der Waals surface area (Å²) >= 11 is 0. The van der Waals surface area contributed by atoms with E-state index in [4.69, 9.17) is 5.11 Å². The summed E-state index contributed by atoms with van der Waals surface area (Å²) < 4.78 is 52.1. The number of aromatic nitrogens is 2. The van der Waals surface area contributed by atoms with Crippen LogP contribution < -0.4 is 5.32 Å². The Morgan fingerprint density at radius 2 is 2.04 bits per heavy atom. The number of carboxylic acid groups (broad SMARTS) is 1. The molecule has 0 aliphatic heterocycles. The van der Waals surface area contributed by atoms with Gasteiger partial charge in [0, 0.05) is 0 Å². The molecule has 1 heterocycles. The van der Waals surface area contributed by atoms with Gasteiger partial charge in [-0.2, -0.15) is 18.3 Å². The largest absolute Gasteiger partial charge is 0.480 e. The molecule has 0 saturated heterocycles. The Bertz CT molecular complexity index is 802. The van der Waals surface area contributed by atoms with E-state index in [1.54, 1.807) is 0 Å². The average Bonchev–Trinajstić information content (AvgIpc) is 2.93. The van der Waals surface area contributed by atoms with Gasteiger partial charge in [0.25, 0.3) is 5.91 Å². The third-order valence-corrected chi connectivity index (χ3v) is 3.43. The van der Waals surface area contributed by atoms with Crippen molar-refractivity contribution in [3.8, 4) is 5.69 Å². The third kappa shape index (κ3) is 3.95. The number of hydrogen-bond acceptors (Lipinski definition) is 3. The summed E-state index contributed by atoms with van der Waals surface area (Å²) in [6.07, 6.45) is -3.46. The van der Waals surface area contributed by atoms with Crippen LogP contribution in [0.15, 0.2) is 30.5 Å². The van der Waals surface area contributed by atoms with E-state index in [1.807, 2.05) is 5.32 Å². The first kappa shape index (κ1) is 18.4. The van der Waals surface area contributed by atoms with Crippen LogP contribution in [-0.2, 0) is 11.0 Å². The first-order valence-corrected chi connectivity index (χ1v) is 6.97. The molecule has 6 nitrogen and oxygen atoms in total. The molecule has 2 rings (SSSR count). The predicted octanol–water partition coefficient (Wildman–Crippen LogP) is 2.35. The van der Waals surface area contributed by atoms with Crippen LogP contribution in [0.3, 0.4) is 0 Å². The number of carbonyl (C=O) groups excluding carboxylic acids is 1. The Morgan fingerprint density at radius 3 is 2.60 bits per heavy atom. The maximum Gasteiger partial charge on any atom is 0.416 e. The van der Waals surface area contributed by atoms with Crippen molar-refractivity contribution in [2.45, 2.75) is 19.1 Å². The number of carboxylic acids is 1. The second-order valence-corrected chi connectivity index (χ2v) is 5.12. The zero-order valence-electron chi connectivity index (χ0n) is 12.8. The van der Waals surface area contributed by atoms with E-state index in [-0.39, 0.29) is 16.9 Å². The summed E-state index contributed by atoms with van der Waals surface area (Å²) in [5, 5.41) is 14.6. The van der Waals surface area contributed by atoms with Gasteiger partial charge in [0.15, 0.2) is 6.04 Å². The molecule has 0 fully saturated rings. The van der Waals surface area contributed by atoms with Gasteiger partial charge < -0.3 is 10.4 Å². The van der Waals surface area contributed by atoms with E-state index < -0.39 is 36.3 Å². The lowest BCUT2D eigenvalue weighted by molar-refractivity contribution is -0.139. The van der Waals surface area contributed by atoms with E-state index in [1.165, 1.54) is 19.1 Å². The Hall–Kier alpha value is -2.91. The number of aliphatic carboxylic acids is 1. The molecule has 1 aromatic carbocycles. The number of nitrogens with zero attached hydrogens (tertiary/aromatic N) is 2. The van der Waals surface area contributed by atoms with Crippen molar-refractivity contribution in [3.63, 3.8) is 0 Å². The molecule has 10 heteroatoms. The summed E-state index contributed by atoms with van der Waals surface area (Å²) in [6.45, 7) is 0.120. The molecule has 0 radical (unpaired) electrons. The summed E-state index contributed by atoms with van der Waals surface area (Å²) in [5.74, 6) is -2.43. The monoisotopic (exact) mass is 359 g/mol. The number of halogens is 4. The van der Waals surface area contributed by atoms with Crippen molar-refractivity contribution >= 4 is 11.9 Å². The second kappa shape index (κ2) is 6.91. The number of hydrogen-bond donors (Lipinski definition) is 2. The van der Waals surface area contributed by atoms with E-state index in [2.05, 4.69) is 5.10 Å². The summed E-state index contributed by atoms with van der Waals surface area (Å²) in [5.41, 5.74) is -0.696. The maximum absolute atomic E-state index is 12.8. The van der Waals surface area contributed by atoms with Gasteiger partial charge in [-0.1, -0.05) is 6.07 Å². The number of amides is 1. The minimum absolute atomic E-state index is 0.0721. The minimum atomic E-state index is -4.53. The van der Waals surface area contributed by atoms with Crippen molar-refractivity contribution < 1.29 is 32.3 Å². The minimum Gasteiger partial charge on any atom is -0.480 e. The first-order chi connectivity index (χ1) is 11.6. The fourth-order valence-electron chi connectivity index (χ4n) is 2.11. The molecular formula is C15H13F4N3O3. The molecule has 1 aromatic heterocycles. The van der Waals surface area contributed by atoms with E-state index >= 15 is 0 Å². The molecule has 0 aliphatic carbocycles. The molecular weight excluding hydrogens is 346 g/mol. The van der Waals surface area contributed by atoms with Crippen molar-refractivity contribution in [2.75, 3.05) is 6.67 Å². The molecule has 1 atom stereocenters. The topological polar surface area (TPSA) is 84.2 Å². The zero-order valence-corrected chi connectivity index (χ0v) is 12.8. The SMILES string of the molecule is Cc1c(C(=O)NC(CF)C(=O)O)cnn1-c1cccc(C(F)(F)F)c1. The van der Waals surface area contributed by atoms with Crippen molar-refractivity contribution in [3.05, 3.63) is 47.3 Å². The predicted molar refractivity (Wildman–Crippen MR) is 78.2 cm³/mol. The van der Waals surface area contributed by atoms with E-state index in [0.29, 0.717) is 0 Å². The van der Waals surface area contributed by atoms with Gasteiger partial charge >= 0.3 is 12.1 Å². The van der Waals surface area contributed by atoms with Gasteiger partial charge in [0.05, 0.1) is 28.7 Å². The van der Waals surface area contributed by atoms with E-state index in [0.717, 1.165) is 23.0 Å². The van der Waals surface area contributed by atoms with Crippen LogP contribution in [-0.4, -0.2) is 39.5 Å². The highest BCUT2D eigenvalue weighted by molar-refractivity contribution is 5.97. The van der Waals surface area contributed by atoms with Gasteiger partial charge in [0.2, 0.25) is 0 Å². The molecule has 25 heavy (non-hydrogen) atoms. The number of benzene rings is 1. The Balaban J connectivity index is 2.33. The van der Waals surface area contributed by atoms with Crippen LogP contribution in [0.4, 0.5) is 17.6 Å². The first-order valence-electron chi connectivity index (χ1n) is 6.97. The van der Waals surface area contributed by atoms with Gasteiger partial charge in [0.1, 0.15) is 6.67 Å². The average molecular weight is 359 g/mol. The van der Waals surface area contributed by atoms with Crippen LogP contribution in [0.5, 0.6) is 0 Å². The maximum atomic E-state index is 12.8. The third-order valence-electron chi connectivity index (χ3n) is 3.43. The second-order valence-electron chi connectivity index (χ2n) is 5.12. The van der Waals surface area contributed by atoms with Gasteiger partial charge in [-0.25, -0.2) is 13.9 Å². The van der Waals surface area contributed by atoms with Gasteiger partial charge in [-0.3, -0.25) is 4.79 Å². The van der Waals surface area contributed by atoms with Crippen LogP contribution in [0.1, 0.15) is 21.6 Å². The van der Waals surface area contributed by atoms with Crippen LogP contribution in [0.2, 0.25) is 0 Å². The van der Waals surface area contributed by atoms with Crippen LogP contribution >= 0.6 is 0 Å². The highest BCUT2D eigenvalue weighted by Crippen LogP contribution is 2.30. The highest BCUT2D eigenvalue weighted by Gasteiger charge is 2.31. The lowest BCUT2D eigenvalue weighted by Gasteiger charge is -2.11. The lowest BCUT2D eigenvalue weighted by Crippen LogP contribution is -2.42. The zero-order chi connectivity index (χ0) is 18.8. The molecule has 0 saturated carbocycles. The molecule has 1 amide bonds. The number of alkyl halides is 4. The summed E-state index contributed by atoms with van der Waals surface area (Å²) in [7, 11) is 0. The van der Waals surface area contributed by atoms with Crippen molar-refractivity contribution in [1.82, 2.24) is 15.1 Å². The molecule has 2 N–H and O–H groups in total.